The van der Waals surface area contributed by atoms with Gasteiger partial charge in [-0.2, -0.15) is 13.2 Å². The number of oxime groups is 1. The molecule has 2 aromatic rings. The SMILES string of the molecule is N/C(=N\O)c1ccc(Oc2ccnc(C(F)(F)F)c2)cc1. The van der Waals surface area contributed by atoms with E-state index in [9.17, 15) is 13.2 Å². The number of halogens is 3. The van der Waals surface area contributed by atoms with Crippen LogP contribution in [0.25, 0.3) is 0 Å². The minimum Gasteiger partial charge on any atom is -0.457 e. The average Bonchev–Trinajstić information content (AvgIpc) is 2.47. The first-order chi connectivity index (χ1) is 9.90. The summed E-state index contributed by atoms with van der Waals surface area (Å²) in [5, 5.41) is 11.3. The molecule has 0 atom stereocenters. The highest BCUT2D eigenvalue weighted by atomic mass is 19.4. The van der Waals surface area contributed by atoms with Crippen molar-refractivity contribution in [3.05, 3.63) is 53.9 Å². The molecule has 8 heteroatoms. The van der Waals surface area contributed by atoms with Gasteiger partial charge < -0.3 is 15.7 Å². The maximum absolute atomic E-state index is 12.5. The van der Waals surface area contributed by atoms with E-state index in [4.69, 9.17) is 15.7 Å². The molecule has 0 amide bonds. The van der Waals surface area contributed by atoms with Crippen LogP contribution in [0, 0.1) is 0 Å². The van der Waals surface area contributed by atoms with Crippen molar-refractivity contribution >= 4 is 5.84 Å². The third-order valence-corrected chi connectivity index (χ3v) is 2.52. The molecule has 5 nitrogen and oxygen atoms in total. The Morgan fingerprint density at radius 2 is 1.81 bits per heavy atom. The summed E-state index contributed by atoms with van der Waals surface area (Å²) in [4.78, 5) is 3.24. The zero-order valence-electron chi connectivity index (χ0n) is 10.5. The fourth-order valence-corrected chi connectivity index (χ4v) is 1.52. The Hall–Kier alpha value is -2.77. The van der Waals surface area contributed by atoms with E-state index in [1.54, 1.807) is 0 Å². The van der Waals surface area contributed by atoms with Gasteiger partial charge in [-0.05, 0) is 30.3 Å². The molecular weight excluding hydrogens is 287 g/mol. The standard InChI is InChI=1S/C13H10F3N3O2/c14-13(15,16)11-7-10(5-6-18-11)21-9-3-1-8(2-4-9)12(17)19-20/h1-7,20H,(H2,17,19). The number of hydrogen-bond donors (Lipinski definition) is 2. The molecule has 0 fully saturated rings. The number of nitrogens with two attached hydrogens (primary N) is 1. The molecule has 1 aromatic carbocycles. The van der Waals surface area contributed by atoms with E-state index in [-0.39, 0.29) is 11.6 Å². The van der Waals surface area contributed by atoms with Gasteiger partial charge in [-0.3, -0.25) is 4.98 Å². The van der Waals surface area contributed by atoms with Crippen molar-refractivity contribution in [2.45, 2.75) is 6.18 Å². The second kappa shape index (κ2) is 5.70. The maximum Gasteiger partial charge on any atom is 0.433 e. The van der Waals surface area contributed by atoms with Crippen LogP contribution in [0.5, 0.6) is 11.5 Å². The number of hydrogen-bond acceptors (Lipinski definition) is 4. The highest BCUT2D eigenvalue weighted by Crippen LogP contribution is 2.31. The third-order valence-electron chi connectivity index (χ3n) is 2.52. The van der Waals surface area contributed by atoms with Gasteiger partial charge in [-0.25, -0.2) is 0 Å². The van der Waals surface area contributed by atoms with E-state index in [2.05, 4.69) is 10.1 Å². The molecule has 0 spiro atoms. The van der Waals surface area contributed by atoms with Crippen molar-refractivity contribution in [2.75, 3.05) is 0 Å². The minimum absolute atomic E-state index is 0.00822. The first kappa shape index (κ1) is 14.6. The van der Waals surface area contributed by atoms with Crippen LogP contribution in [0.1, 0.15) is 11.3 Å². The molecule has 0 aliphatic carbocycles. The lowest BCUT2D eigenvalue weighted by molar-refractivity contribution is -0.141. The fraction of sp³-hybridized carbons (Fsp3) is 0.0769. The van der Waals surface area contributed by atoms with Crippen molar-refractivity contribution in [1.29, 1.82) is 0 Å². The second-order valence-corrected chi connectivity index (χ2v) is 3.99. The van der Waals surface area contributed by atoms with E-state index in [0.717, 1.165) is 12.3 Å². The number of benzene rings is 1. The van der Waals surface area contributed by atoms with Crippen LogP contribution >= 0.6 is 0 Å². The summed E-state index contributed by atoms with van der Waals surface area (Å²) in [5.74, 6) is 0.238. The molecule has 0 aliphatic heterocycles. The number of alkyl halides is 3. The molecule has 0 aliphatic rings. The van der Waals surface area contributed by atoms with Gasteiger partial charge in [-0.15, -0.1) is 0 Å². The number of nitrogens with zero attached hydrogens (tertiary/aromatic N) is 2. The number of aromatic nitrogens is 1. The van der Waals surface area contributed by atoms with Crippen LogP contribution in [0.2, 0.25) is 0 Å². The van der Waals surface area contributed by atoms with Gasteiger partial charge in [0.05, 0.1) is 0 Å². The summed E-state index contributed by atoms with van der Waals surface area (Å²) in [5.41, 5.74) is 4.81. The van der Waals surface area contributed by atoms with Crippen molar-refractivity contribution in [1.82, 2.24) is 4.98 Å². The summed E-state index contributed by atoms with van der Waals surface area (Å²) in [6.07, 6.45) is -3.52. The summed E-state index contributed by atoms with van der Waals surface area (Å²) < 4.78 is 42.9. The predicted molar refractivity (Wildman–Crippen MR) is 68.3 cm³/mol. The van der Waals surface area contributed by atoms with Crippen LogP contribution in [-0.4, -0.2) is 16.0 Å². The highest BCUT2D eigenvalue weighted by Gasteiger charge is 2.32. The quantitative estimate of drug-likeness (QED) is 0.395. The van der Waals surface area contributed by atoms with E-state index < -0.39 is 11.9 Å². The second-order valence-electron chi connectivity index (χ2n) is 3.99. The predicted octanol–water partition coefficient (Wildman–Crippen LogP) is 2.99. The van der Waals surface area contributed by atoms with Gasteiger partial charge in [0.1, 0.15) is 17.2 Å². The van der Waals surface area contributed by atoms with Gasteiger partial charge >= 0.3 is 6.18 Å². The van der Waals surface area contributed by atoms with E-state index in [0.29, 0.717) is 11.3 Å². The Morgan fingerprint density at radius 1 is 1.14 bits per heavy atom. The van der Waals surface area contributed by atoms with Gasteiger partial charge in [0.25, 0.3) is 0 Å². The van der Waals surface area contributed by atoms with Crippen molar-refractivity contribution in [3.8, 4) is 11.5 Å². The molecule has 2 rings (SSSR count). The van der Waals surface area contributed by atoms with Crippen LogP contribution in [-0.2, 0) is 6.18 Å². The zero-order valence-corrected chi connectivity index (χ0v) is 10.5. The summed E-state index contributed by atoms with van der Waals surface area (Å²) in [7, 11) is 0. The molecule has 1 heterocycles. The topological polar surface area (TPSA) is 80.7 Å². The first-order valence-corrected chi connectivity index (χ1v) is 5.69. The number of pyridine rings is 1. The van der Waals surface area contributed by atoms with Crippen molar-refractivity contribution in [3.63, 3.8) is 0 Å². The first-order valence-electron chi connectivity index (χ1n) is 5.69. The number of amidine groups is 1. The third kappa shape index (κ3) is 3.62. The van der Waals surface area contributed by atoms with E-state index in [1.807, 2.05) is 0 Å². The fourth-order valence-electron chi connectivity index (χ4n) is 1.52. The molecule has 0 saturated heterocycles. The van der Waals surface area contributed by atoms with Gasteiger partial charge in [-0.1, -0.05) is 5.16 Å². The van der Waals surface area contributed by atoms with Gasteiger partial charge in [0.15, 0.2) is 5.84 Å². The summed E-state index contributed by atoms with van der Waals surface area (Å²) in [6, 6.07) is 8.11. The monoisotopic (exact) mass is 297 g/mol. The lowest BCUT2D eigenvalue weighted by atomic mass is 10.2. The van der Waals surface area contributed by atoms with Crippen LogP contribution in [0.15, 0.2) is 47.8 Å². The molecule has 110 valence electrons. The lowest BCUT2D eigenvalue weighted by Crippen LogP contribution is -2.12. The Labute approximate surface area is 117 Å². The smallest absolute Gasteiger partial charge is 0.433 e. The van der Waals surface area contributed by atoms with Crippen molar-refractivity contribution < 1.29 is 23.1 Å². The Kier molecular flexibility index (Phi) is 3.97. The van der Waals surface area contributed by atoms with E-state index in [1.165, 1.54) is 30.3 Å². The molecule has 21 heavy (non-hydrogen) atoms. The lowest BCUT2D eigenvalue weighted by Gasteiger charge is -2.09. The van der Waals surface area contributed by atoms with Gasteiger partial charge in [0, 0.05) is 17.8 Å². The Morgan fingerprint density at radius 3 is 2.38 bits per heavy atom. The molecular formula is C13H10F3N3O2. The number of rotatable bonds is 3. The van der Waals surface area contributed by atoms with Crippen LogP contribution in [0.3, 0.4) is 0 Å². The molecule has 0 unspecified atom stereocenters. The average molecular weight is 297 g/mol. The highest BCUT2D eigenvalue weighted by molar-refractivity contribution is 5.97. The normalized spacial score (nSPS) is 12.2. The zero-order chi connectivity index (χ0) is 15.5. The summed E-state index contributed by atoms with van der Waals surface area (Å²) >= 11 is 0. The summed E-state index contributed by atoms with van der Waals surface area (Å²) in [6.45, 7) is 0. The molecule has 0 bridgehead atoms. The van der Waals surface area contributed by atoms with Crippen molar-refractivity contribution in [2.24, 2.45) is 10.9 Å². The largest absolute Gasteiger partial charge is 0.457 e. The molecule has 0 radical (unpaired) electrons. The molecule has 1 aromatic heterocycles. The minimum atomic E-state index is -4.53. The van der Waals surface area contributed by atoms with Crippen LogP contribution in [0.4, 0.5) is 13.2 Å². The molecule has 0 saturated carbocycles. The maximum atomic E-state index is 12.5. The Bertz CT molecular complexity index is 654. The van der Waals surface area contributed by atoms with E-state index >= 15 is 0 Å². The number of ether oxygens (including phenoxy) is 1. The van der Waals surface area contributed by atoms with Gasteiger partial charge in [0.2, 0.25) is 0 Å². The van der Waals surface area contributed by atoms with Crippen LogP contribution < -0.4 is 10.5 Å². The molecule has 3 N–H and O–H groups in total. The Balaban J connectivity index is 2.19.